The van der Waals surface area contributed by atoms with Gasteiger partial charge in [0.1, 0.15) is 22.8 Å². The van der Waals surface area contributed by atoms with Crippen molar-refractivity contribution < 1.29 is 18.6 Å². The predicted molar refractivity (Wildman–Crippen MR) is 126 cm³/mol. The van der Waals surface area contributed by atoms with Gasteiger partial charge >= 0.3 is 5.63 Å². The maximum Gasteiger partial charge on any atom is 0.339 e. The highest BCUT2D eigenvalue weighted by molar-refractivity contribution is 5.89. The van der Waals surface area contributed by atoms with Crippen molar-refractivity contribution in [2.45, 2.75) is 13.3 Å². The van der Waals surface area contributed by atoms with Gasteiger partial charge in [-0.05, 0) is 31.0 Å². The molecule has 0 amide bonds. The Balaban J connectivity index is 1.48. The summed E-state index contributed by atoms with van der Waals surface area (Å²) in [5, 5.41) is 0.823. The molecule has 1 aliphatic heterocycles. The number of rotatable bonds is 7. The fourth-order valence-corrected chi connectivity index (χ4v) is 4.42. The fraction of sp³-hybridized carbons (Fsp3) is 0.400. The molecule has 3 aromatic rings. The lowest BCUT2D eigenvalue weighted by atomic mass is 10.0. The van der Waals surface area contributed by atoms with Crippen molar-refractivity contribution in [2.75, 3.05) is 59.0 Å². The Labute approximate surface area is 188 Å². The van der Waals surface area contributed by atoms with Crippen molar-refractivity contribution >= 4 is 16.7 Å². The zero-order valence-electron chi connectivity index (χ0n) is 19.1. The van der Waals surface area contributed by atoms with Gasteiger partial charge in [-0.1, -0.05) is 12.1 Å². The van der Waals surface area contributed by atoms with Crippen LogP contribution in [0.2, 0.25) is 0 Å². The van der Waals surface area contributed by atoms with E-state index in [-0.39, 0.29) is 5.63 Å². The average Bonchev–Trinajstić information content (AvgIpc) is 2.83. The highest BCUT2D eigenvalue weighted by Crippen LogP contribution is 2.34. The van der Waals surface area contributed by atoms with Gasteiger partial charge in [0.05, 0.1) is 32.4 Å². The number of fused-ring (bicyclic) bond motifs is 1. The van der Waals surface area contributed by atoms with Gasteiger partial charge < -0.3 is 23.5 Å². The number of hydrogen-bond acceptors (Lipinski definition) is 7. The maximum absolute atomic E-state index is 12.7. The molecule has 0 radical (unpaired) electrons. The number of para-hydroxylation sites is 2. The molecule has 7 nitrogen and oxygen atoms in total. The lowest BCUT2D eigenvalue weighted by Crippen LogP contribution is -2.47. The number of nitrogens with zero attached hydrogens (tertiary/aromatic N) is 2. The predicted octanol–water partition coefficient (Wildman–Crippen LogP) is 3.49. The first-order valence-electron chi connectivity index (χ1n) is 10.8. The number of hydrogen-bond donors (Lipinski definition) is 0. The molecule has 2 heterocycles. The molecule has 0 spiro atoms. The highest BCUT2D eigenvalue weighted by Gasteiger charge is 2.21. The Hall–Kier alpha value is -3.19. The Kier molecular flexibility index (Phi) is 6.55. The molecule has 1 saturated heterocycles. The van der Waals surface area contributed by atoms with E-state index in [1.807, 2.05) is 31.2 Å². The van der Waals surface area contributed by atoms with E-state index in [9.17, 15) is 4.79 Å². The summed E-state index contributed by atoms with van der Waals surface area (Å²) in [5.41, 5.74) is 2.93. The Morgan fingerprint density at radius 3 is 2.34 bits per heavy atom. The first kappa shape index (κ1) is 22.0. The van der Waals surface area contributed by atoms with Crippen molar-refractivity contribution in [1.82, 2.24) is 4.90 Å². The second-order valence-corrected chi connectivity index (χ2v) is 7.95. The second-order valence-electron chi connectivity index (χ2n) is 7.95. The van der Waals surface area contributed by atoms with Gasteiger partial charge in [-0.15, -0.1) is 0 Å². The second kappa shape index (κ2) is 9.53. The summed E-state index contributed by atoms with van der Waals surface area (Å²) in [6.07, 6.45) is 0.633. The van der Waals surface area contributed by atoms with Crippen LogP contribution in [0, 0.1) is 6.92 Å². The molecule has 0 atom stereocenters. The molecular formula is C25H30N2O5. The largest absolute Gasteiger partial charge is 0.496 e. The zero-order valence-corrected chi connectivity index (χ0v) is 19.1. The lowest BCUT2D eigenvalue weighted by molar-refractivity contribution is 0.259. The Bertz CT molecular complexity index is 1150. The SMILES string of the molecule is COc1cc(OC)c2c(C)c(CCN3CCN(c4ccccc4OC)CC3)c(=O)oc2c1. The van der Waals surface area contributed by atoms with Crippen LogP contribution in [0.1, 0.15) is 11.1 Å². The van der Waals surface area contributed by atoms with Crippen LogP contribution in [-0.4, -0.2) is 59.0 Å². The number of piperazine rings is 1. The summed E-state index contributed by atoms with van der Waals surface area (Å²) in [6.45, 7) is 6.45. The number of aryl methyl sites for hydroxylation is 1. The standard InChI is InChI=1S/C25H30N2O5/c1-17-19(25(28)32-23-16-18(29-2)15-22(31-4)24(17)23)9-10-26-11-13-27(14-12-26)20-7-5-6-8-21(20)30-3/h5-8,15-16H,9-14H2,1-4H3. The zero-order chi connectivity index (χ0) is 22.7. The van der Waals surface area contributed by atoms with Crippen molar-refractivity contribution in [3.8, 4) is 17.2 Å². The van der Waals surface area contributed by atoms with E-state index in [1.165, 1.54) is 0 Å². The molecule has 1 fully saturated rings. The molecule has 0 aliphatic carbocycles. The van der Waals surface area contributed by atoms with Crippen LogP contribution in [0.4, 0.5) is 5.69 Å². The van der Waals surface area contributed by atoms with Crippen LogP contribution in [0.15, 0.2) is 45.6 Å². The number of ether oxygens (including phenoxy) is 3. The van der Waals surface area contributed by atoms with Crippen molar-refractivity contribution in [2.24, 2.45) is 0 Å². The molecule has 7 heteroatoms. The Morgan fingerprint density at radius 2 is 1.66 bits per heavy atom. The minimum Gasteiger partial charge on any atom is -0.496 e. The van der Waals surface area contributed by atoms with Gasteiger partial charge in [0.2, 0.25) is 0 Å². The molecular weight excluding hydrogens is 408 g/mol. The van der Waals surface area contributed by atoms with E-state index in [1.54, 1.807) is 27.4 Å². The first-order valence-corrected chi connectivity index (χ1v) is 10.8. The number of anilines is 1. The van der Waals surface area contributed by atoms with Crippen molar-refractivity contribution in [3.63, 3.8) is 0 Å². The molecule has 32 heavy (non-hydrogen) atoms. The molecule has 1 aromatic heterocycles. The normalized spacial score (nSPS) is 14.6. The van der Waals surface area contributed by atoms with E-state index < -0.39 is 0 Å². The maximum atomic E-state index is 12.7. The van der Waals surface area contributed by atoms with Gasteiger partial charge in [-0.2, -0.15) is 0 Å². The minimum absolute atomic E-state index is 0.294. The first-order chi connectivity index (χ1) is 15.5. The fourth-order valence-electron chi connectivity index (χ4n) is 4.42. The molecule has 4 rings (SSSR count). The quantitative estimate of drug-likeness (QED) is 0.523. The van der Waals surface area contributed by atoms with E-state index in [2.05, 4.69) is 15.9 Å². The van der Waals surface area contributed by atoms with Crippen LogP contribution < -0.4 is 24.7 Å². The van der Waals surface area contributed by atoms with Crippen molar-refractivity contribution in [3.05, 3.63) is 57.9 Å². The van der Waals surface area contributed by atoms with Crippen LogP contribution in [-0.2, 0) is 6.42 Å². The molecule has 0 saturated carbocycles. The summed E-state index contributed by atoms with van der Waals surface area (Å²) in [4.78, 5) is 17.5. The Morgan fingerprint density at radius 1 is 0.938 bits per heavy atom. The molecule has 1 aliphatic rings. The van der Waals surface area contributed by atoms with Gasteiger partial charge in [0.15, 0.2) is 0 Å². The third-order valence-corrected chi connectivity index (χ3v) is 6.25. The van der Waals surface area contributed by atoms with E-state index in [0.717, 1.165) is 55.1 Å². The molecule has 0 N–H and O–H groups in total. The van der Waals surface area contributed by atoms with Crippen LogP contribution >= 0.6 is 0 Å². The van der Waals surface area contributed by atoms with E-state index >= 15 is 0 Å². The highest BCUT2D eigenvalue weighted by atomic mass is 16.5. The van der Waals surface area contributed by atoms with E-state index in [0.29, 0.717) is 29.1 Å². The van der Waals surface area contributed by atoms with Gasteiger partial charge in [0.25, 0.3) is 0 Å². The molecule has 2 aromatic carbocycles. The summed E-state index contributed by atoms with van der Waals surface area (Å²) >= 11 is 0. The van der Waals surface area contributed by atoms with Crippen LogP contribution in [0.3, 0.4) is 0 Å². The third-order valence-electron chi connectivity index (χ3n) is 6.25. The van der Waals surface area contributed by atoms with Crippen LogP contribution in [0.25, 0.3) is 11.0 Å². The number of methoxy groups -OCH3 is 3. The summed E-state index contributed by atoms with van der Waals surface area (Å²) < 4.78 is 22.0. The topological polar surface area (TPSA) is 64.4 Å². The van der Waals surface area contributed by atoms with Gasteiger partial charge in [0, 0.05) is 50.4 Å². The summed E-state index contributed by atoms with van der Waals surface area (Å²) in [5.74, 6) is 2.14. The van der Waals surface area contributed by atoms with Gasteiger partial charge in [-0.25, -0.2) is 4.79 Å². The molecule has 0 unspecified atom stereocenters. The van der Waals surface area contributed by atoms with E-state index in [4.69, 9.17) is 18.6 Å². The van der Waals surface area contributed by atoms with Gasteiger partial charge in [-0.3, -0.25) is 4.90 Å². The number of benzene rings is 2. The van der Waals surface area contributed by atoms with Crippen LogP contribution in [0.5, 0.6) is 17.2 Å². The summed E-state index contributed by atoms with van der Waals surface area (Å²) in [7, 11) is 4.89. The molecule has 0 bridgehead atoms. The lowest BCUT2D eigenvalue weighted by Gasteiger charge is -2.36. The smallest absolute Gasteiger partial charge is 0.339 e. The summed E-state index contributed by atoms with van der Waals surface area (Å²) in [6, 6.07) is 11.7. The van der Waals surface area contributed by atoms with Crippen molar-refractivity contribution in [1.29, 1.82) is 0 Å². The minimum atomic E-state index is -0.294. The molecule has 170 valence electrons. The monoisotopic (exact) mass is 438 g/mol. The average molecular weight is 439 g/mol. The third kappa shape index (κ3) is 4.25.